The second kappa shape index (κ2) is 6.21. The van der Waals surface area contributed by atoms with Gasteiger partial charge in [0.1, 0.15) is 0 Å². The van der Waals surface area contributed by atoms with Gasteiger partial charge in [0.05, 0.1) is 6.61 Å². The number of rotatable bonds is 4. The number of aliphatic hydroxyl groups is 1. The largest absolute Gasteiger partial charge is 0.392 e. The lowest BCUT2D eigenvalue weighted by Gasteiger charge is -2.09. The first-order valence-electron chi connectivity index (χ1n) is 4.87. The Kier molecular flexibility index (Phi) is 5.23. The number of hydrogen-bond acceptors (Lipinski definition) is 2. The summed E-state index contributed by atoms with van der Waals surface area (Å²) in [5.41, 5.74) is 0.993. The highest BCUT2D eigenvalue weighted by Gasteiger charge is 2.06. The molecule has 1 nitrogen and oxygen atoms in total. The van der Waals surface area contributed by atoms with Crippen LogP contribution in [0, 0.1) is 0 Å². The molecule has 3 heteroatoms. The van der Waals surface area contributed by atoms with Crippen molar-refractivity contribution in [3.8, 4) is 0 Å². The highest BCUT2D eigenvalue weighted by Crippen LogP contribution is 2.31. The van der Waals surface area contributed by atoms with Gasteiger partial charge in [0.25, 0.3) is 0 Å². The summed E-state index contributed by atoms with van der Waals surface area (Å²) in [6.45, 7) is 4.33. The van der Waals surface area contributed by atoms with E-state index >= 15 is 0 Å². The van der Waals surface area contributed by atoms with Gasteiger partial charge in [-0.1, -0.05) is 43.7 Å². The summed E-state index contributed by atoms with van der Waals surface area (Å²) in [6, 6.07) is 5.86. The molecule has 15 heavy (non-hydrogen) atoms. The summed E-state index contributed by atoms with van der Waals surface area (Å²) in [4.78, 5) is 1.15. The van der Waals surface area contributed by atoms with E-state index in [-0.39, 0.29) is 6.61 Å². The first-order chi connectivity index (χ1) is 7.15. The Bertz CT molecular complexity index is 347. The van der Waals surface area contributed by atoms with Crippen LogP contribution in [0.15, 0.2) is 29.2 Å². The van der Waals surface area contributed by atoms with Crippen molar-refractivity contribution in [3.63, 3.8) is 0 Å². The standard InChI is InChI=1S/C12H15ClOS/c1-9(2)15-12-7-3-6-11(13)10(12)5-4-8-14/h3-7,9,14H,8H2,1-2H3/b5-4+. The second-order valence-corrected chi connectivity index (χ2v) is 5.43. The van der Waals surface area contributed by atoms with Crippen LogP contribution in [0.5, 0.6) is 0 Å². The van der Waals surface area contributed by atoms with E-state index in [4.69, 9.17) is 16.7 Å². The molecule has 0 saturated heterocycles. The molecule has 82 valence electrons. The maximum absolute atomic E-state index is 8.75. The Balaban J connectivity index is 3.02. The predicted octanol–water partition coefficient (Wildman–Crippen LogP) is 3.85. The molecule has 1 N–H and O–H groups in total. The van der Waals surface area contributed by atoms with E-state index in [0.717, 1.165) is 15.5 Å². The molecule has 0 aromatic heterocycles. The molecule has 0 aliphatic carbocycles. The third kappa shape index (κ3) is 3.90. The molecular formula is C12H15ClOS. The Morgan fingerprint density at radius 2 is 2.20 bits per heavy atom. The summed E-state index contributed by atoms with van der Waals surface area (Å²) < 4.78 is 0. The Hall–Kier alpha value is -0.440. The summed E-state index contributed by atoms with van der Waals surface area (Å²) in [5, 5.41) is 10.0. The van der Waals surface area contributed by atoms with Crippen molar-refractivity contribution in [2.24, 2.45) is 0 Å². The van der Waals surface area contributed by atoms with Gasteiger partial charge >= 0.3 is 0 Å². The first kappa shape index (κ1) is 12.6. The van der Waals surface area contributed by atoms with Crippen molar-refractivity contribution in [1.82, 2.24) is 0 Å². The summed E-state index contributed by atoms with van der Waals surface area (Å²) in [6.07, 6.45) is 3.57. The molecule has 0 spiro atoms. The van der Waals surface area contributed by atoms with Crippen LogP contribution in [-0.4, -0.2) is 17.0 Å². The number of hydrogen-bond donors (Lipinski definition) is 1. The lowest BCUT2D eigenvalue weighted by molar-refractivity contribution is 0.343. The van der Waals surface area contributed by atoms with E-state index in [1.165, 1.54) is 0 Å². The monoisotopic (exact) mass is 242 g/mol. The molecule has 0 atom stereocenters. The number of thioether (sulfide) groups is 1. The molecular weight excluding hydrogens is 228 g/mol. The average molecular weight is 243 g/mol. The van der Waals surface area contributed by atoms with Crippen LogP contribution in [0.4, 0.5) is 0 Å². The minimum Gasteiger partial charge on any atom is -0.392 e. The third-order valence-electron chi connectivity index (χ3n) is 1.77. The van der Waals surface area contributed by atoms with Gasteiger partial charge in [-0.2, -0.15) is 0 Å². The molecule has 0 fully saturated rings. The zero-order valence-electron chi connectivity index (χ0n) is 8.90. The lowest BCUT2D eigenvalue weighted by Crippen LogP contribution is -1.89. The quantitative estimate of drug-likeness (QED) is 0.810. The zero-order valence-corrected chi connectivity index (χ0v) is 10.5. The molecule has 0 amide bonds. The lowest BCUT2D eigenvalue weighted by atomic mass is 10.2. The van der Waals surface area contributed by atoms with Crippen LogP contribution in [0.1, 0.15) is 19.4 Å². The molecule has 0 unspecified atom stereocenters. The van der Waals surface area contributed by atoms with E-state index in [2.05, 4.69) is 13.8 Å². The number of benzene rings is 1. The van der Waals surface area contributed by atoms with Crippen molar-refractivity contribution < 1.29 is 5.11 Å². The molecule has 0 heterocycles. The van der Waals surface area contributed by atoms with Gasteiger partial charge in [-0.3, -0.25) is 0 Å². The molecule has 0 radical (unpaired) electrons. The first-order valence-corrected chi connectivity index (χ1v) is 6.13. The maximum atomic E-state index is 8.75. The highest BCUT2D eigenvalue weighted by molar-refractivity contribution is 8.00. The molecule has 0 bridgehead atoms. The smallest absolute Gasteiger partial charge is 0.0615 e. The zero-order chi connectivity index (χ0) is 11.3. The van der Waals surface area contributed by atoms with E-state index in [0.29, 0.717) is 5.25 Å². The number of halogens is 1. The van der Waals surface area contributed by atoms with E-state index < -0.39 is 0 Å². The van der Waals surface area contributed by atoms with Crippen LogP contribution in [-0.2, 0) is 0 Å². The van der Waals surface area contributed by atoms with Crippen LogP contribution >= 0.6 is 23.4 Å². The molecule has 1 aromatic rings. The van der Waals surface area contributed by atoms with Crippen LogP contribution in [0.25, 0.3) is 6.08 Å². The molecule has 0 aliphatic rings. The Labute approximate surface area is 100 Å². The normalized spacial score (nSPS) is 11.5. The third-order valence-corrected chi connectivity index (χ3v) is 3.18. The minimum absolute atomic E-state index is 0.0387. The fourth-order valence-electron chi connectivity index (χ4n) is 1.21. The molecule has 1 rings (SSSR count). The molecule has 1 aromatic carbocycles. The van der Waals surface area contributed by atoms with Gasteiger partial charge in [0.15, 0.2) is 0 Å². The van der Waals surface area contributed by atoms with Crippen molar-refractivity contribution in [2.45, 2.75) is 24.0 Å². The highest BCUT2D eigenvalue weighted by atomic mass is 35.5. The topological polar surface area (TPSA) is 20.2 Å². The van der Waals surface area contributed by atoms with Crippen molar-refractivity contribution >= 4 is 29.4 Å². The van der Waals surface area contributed by atoms with Crippen LogP contribution in [0.3, 0.4) is 0 Å². The van der Waals surface area contributed by atoms with Crippen molar-refractivity contribution in [2.75, 3.05) is 6.61 Å². The average Bonchev–Trinajstić information content (AvgIpc) is 2.16. The van der Waals surface area contributed by atoms with Gasteiger partial charge in [-0.15, -0.1) is 11.8 Å². The fourth-order valence-corrected chi connectivity index (χ4v) is 2.47. The van der Waals surface area contributed by atoms with Crippen molar-refractivity contribution in [1.29, 1.82) is 0 Å². The van der Waals surface area contributed by atoms with Gasteiger partial charge < -0.3 is 5.11 Å². The second-order valence-electron chi connectivity index (χ2n) is 3.40. The van der Waals surface area contributed by atoms with Gasteiger partial charge in [0.2, 0.25) is 0 Å². The molecule has 0 aliphatic heterocycles. The number of aliphatic hydroxyl groups excluding tert-OH is 1. The van der Waals surface area contributed by atoms with Gasteiger partial charge in [-0.05, 0) is 12.1 Å². The van der Waals surface area contributed by atoms with Gasteiger partial charge in [-0.25, -0.2) is 0 Å². The van der Waals surface area contributed by atoms with Crippen molar-refractivity contribution in [3.05, 3.63) is 34.9 Å². The van der Waals surface area contributed by atoms with E-state index in [1.807, 2.05) is 24.3 Å². The minimum atomic E-state index is 0.0387. The summed E-state index contributed by atoms with van der Waals surface area (Å²) in [5.74, 6) is 0. The fraction of sp³-hybridized carbons (Fsp3) is 0.333. The van der Waals surface area contributed by atoms with E-state index in [9.17, 15) is 0 Å². The summed E-state index contributed by atoms with van der Waals surface area (Å²) >= 11 is 7.87. The SMILES string of the molecule is CC(C)Sc1cccc(Cl)c1/C=C/CO. The Morgan fingerprint density at radius 3 is 2.80 bits per heavy atom. The van der Waals surface area contributed by atoms with Crippen LogP contribution in [0.2, 0.25) is 5.02 Å². The van der Waals surface area contributed by atoms with Crippen LogP contribution < -0.4 is 0 Å². The van der Waals surface area contributed by atoms with E-state index in [1.54, 1.807) is 17.8 Å². The summed E-state index contributed by atoms with van der Waals surface area (Å²) in [7, 11) is 0. The predicted molar refractivity (Wildman–Crippen MR) is 68.6 cm³/mol. The maximum Gasteiger partial charge on any atom is 0.0615 e. The molecule has 0 saturated carbocycles. The van der Waals surface area contributed by atoms with Gasteiger partial charge in [0, 0.05) is 20.7 Å². The Morgan fingerprint density at radius 1 is 1.47 bits per heavy atom.